The zero-order chi connectivity index (χ0) is 24.0. The molecule has 176 valence electrons. The molecule has 0 aliphatic rings. The fourth-order valence-electron chi connectivity index (χ4n) is 3.04. The average molecular weight is 554 g/mol. The van der Waals surface area contributed by atoms with Crippen molar-refractivity contribution in [3.8, 4) is 5.75 Å². The highest BCUT2D eigenvalue weighted by Gasteiger charge is 2.21. The first-order valence-corrected chi connectivity index (χ1v) is 13.0. The van der Waals surface area contributed by atoms with Crippen LogP contribution in [0.1, 0.15) is 47.9 Å². The van der Waals surface area contributed by atoms with Crippen molar-refractivity contribution in [3.63, 3.8) is 0 Å². The number of esters is 1. The van der Waals surface area contributed by atoms with Crippen LogP contribution in [0, 0.1) is 6.92 Å². The van der Waals surface area contributed by atoms with E-state index in [1.807, 2.05) is 49.6 Å². The number of aromatic nitrogens is 3. The predicted molar refractivity (Wildman–Crippen MR) is 133 cm³/mol. The van der Waals surface area contributed by atoms with Crippen LogP contribution in [0.2, 0.25) is 0 Å². The minimum Gasteiger partial charge on any atom is -0.483 e. The molecule has 2 heterocycles. The van der Waals surface area contributed by atoms with E-state index < -0.39 is 5.97 Å². The second-order valence-electron chi connectivity index (χ2n) is 6.96. The summed E-state index contributed by atoms with van der Waals surface area (Å²) in [7, 11) is 0. The number of thioether (sulfide) groups is 1. The lowest BCUT2D eigenvalue weighted by Gasteiger charge is -2.15. The fourth-order valence-corrected chi connectivity index (χ4v) is 5.02. The first kappa shape index (κ1) is 25.3. The van der Waals surface area contributed by atoms with Gasteiger partial charge in [-0.1, -0.05) is 27.7 Å². The second-order valence-corrected chi connectivity index (χ2v) is 10.1. The van der Waals surface area contributed by atoms with Crippen LogP contribution in [-0.2, 0) is 16.1 Å². The number of nitrogens with zero attached hydrogens (tertiary/aromatic N) is 3. The number of carbonyl (C=O) groups excluding carboxylic acids is 2. The summed E-state index contributed by atoms with van der Waals surface area (Å²) in [6.45, 7) is 8.43. The van der Waals surface area contributed by atoms with Crippen molar-refractivity contribution in [2.24, 2.45) is 0 Å². The number of aryl methyl sites for hydroxylation is 1. The van der Waals surface area contributed by atoms with Crippen LogP contribution in [0.3, 0.4) is 0 Å². The van der Waals surface area contributed by atoms with Crippen molar-refractivity contribution >= 4 is 55.9 Å². The fraction of sp³-hybridized carbons (Fsp3) is 0.364. The number of rotatable bonds is 10. The molecule has 1 aromatic carbocycles. The van der Waals surface area contributed by atoms with Crippen LogP contribution in [0.4, 0.5) is 5.00 Å². The molecule has 0 saturated carbocycles. The molecule has 11 heteroatoms. The Morgan fingerprint density at radius 3 is 2.64 bits per heavy atom. The molecule has 0 aliphatic heterocycles. The molecule has 1 amide bonds. The first-order chi connectivity index (χ1) is 15.8. The van der Waals surface area contributed by atoms with Gasteiger partial charge in [-0.15, -0.1) is 21.5 Å². The summed E-state index contributed by atoms with van der Waals surface area (Å²) in [5.41, 5.74) is 0.371. The third-order valence-corrected chi connectivity index (χ3v) is 6.95. The maximum atomic E-state index is 12.6. The molecule has 8 nitrogen and oxygen atoms in total. The van der Waals surface area contributed by atoms with E-state index in [0.29, 0.717) is 28.1 Å². The molecule has 0 aliphatic carbocycles. The lowest BCUT2D eigenvalue weighted by Crippen LogP contribution is -2.16. The van der Waals surface area contributed by atoms with E-state index in [1.54, 1.807) is 13.0 Å². The lowest BCUT2D eigenvalue weighted by molar-refractivity contribution is -0.113. The summed E-state index contributed by atoms with van der Waals surface area (Å²) in [5, 5.41) is 12.5. The smallest absolute Gasteiger partial charge is 0.341 e. The van der Waals surface area contributed by atoms with Crippen LogP contribution in [-0.4, -0.2) is 39.0 Å². The standard InChI is InChI=1S/C22H25BrN4O4S2/c1-5-27-19(14(4)31-16-9-7-15(23)8-10-16)25-26-22(27)32-12-18(28)24-20-17(11-13(3)33-20)21(29)30-6-2/h7-11,14H,5-6,12H2,1-4H3,(H,24,28). The molecule has 1 atom stereocenters. The highest BCUT2D eigenvalue weighted by Crippen LogP contribution is 2.29. The number of amides is 1. The highest BCUT2D eigenvalue weighted by molar-refractivity contribution is 9.10. The Hall–Kier alpha value is -2.37. The largest absolute Gasteiger partial charge is 0.483 e. The van der Waals surface area contributed by atoms with E-state index in [9.17, 15) is 9.59 Å². The van der Waals surface area contributed by atoms with Gasteiger partial charge in [0.2, 0.25) is 5.91 Å². The Bertz CT molecular complexity index is 1110. The third kappa shape index (κ3) is 6.58. The molecule has 3 rings (SSSR count). The Kier molecular flexibility index (Phi) is 8.93. The SMILES string of the molecule is CCOC(=O)c1cc(C)sc1NC(=O)CSc1nnc(C(C)Oc2ccc(Br)cc2)n1CC. The maximum absolute atomic E-state index is 12.6. The van der Waals surface area contributed by atoms with Gasteiger partial charge in [0.25, 0.3) is 0 Å². The zero-order valence-corrected chi connectivity index (χ0v) is 22.0. The number of thiophene rings is 1. The molecule has 0 spiro atoms. The Labute approximate surface area is 209 Å². The second kappa shape index (κ2) is 11.7. The molecule has 1 N–H and O–H groups in total. The van der Waals surface area contributed by atoms with Crippen molar-refractivity contribution < 1.29 is 19.1 Å². The van der Waals surface area contributed by atoms with E-state index >= 15 is 0 Å². The Morgan fingerprint density at radius 1 is 1.24 bits per heavy atom. The normalized spacial score (nSPS) is 11.8. The molecule has 0 saturated heterocycles. The van der Waals surface area contributed by atoms with E-state index in [1.165, 1.54) is 23.1 Å². The number of carbonyl (C=O) groups is 2. The van der Waals surface area contributed by atoms with Crippen LogP contribution in [0.15, 0.2) is 40.0 Å². The van der Waals surface area contributed by atoms with Gasteiger partial charge in [-0.25, -0.2) is 4.79 Å². The molecule has 0 fully saturated rings. The van der Waals surface area contributed by atoms with Crippen molar-refractivity contribution in [2.45, 2.75) is 45.5 Å². The minimum atomic E-state index is -0.445. The van der Waals surface area contributed by atoms with Crippen LogP contribution < -0.4 is 10.1 Å². The Balaban J connectivity index is 1.64. The highest BCUT2D eigenvalue weighted by atomic mass is 79.9. The van der Waals surface area contributed by atoms with Gasteiger partial charge >= 0.3 is 5.97 Å². The molecule has 3 aromatic rings. The number of hydrogen-bond acceptors (Lipinski definition) is 8. The molecule has 2 aromatic heterocycles. The van der Waals surface area contributed by atoms with Crippen LogP contribution in [0.5, 0.6) is 5.75 Å². The molecule has 1 unspecified atom stereocenters. The van der Waals surface area contributed by atoms with E-state index in [-0.39, 0.29) is 24.4 Å². The quantitative estimate of drug-likeness (QED) is 0.263. The number of halogens is 1. The molecular weight excluding hydrogens is 528 g/mol. The molecule has 0 radical (unpaired) electrons. The number of nitrogens with one attached hydrogen (secondary N) is 1. The maximum Gasteiger partial charge on any atom is 0.341 e. The number of anilines is 1. The van der Waals surface area contributed by atoms with E-state index in [2.05, 4.69) is 31.4 Å². The summed E-state index contributed by atoms with van der Waals surface area (Å²) in [6.07, 6.45) is -0.317. The van der Waals surface area contributed by atoms with Gasteiger partial charge in [0, 0.05) is 15.9 Å². The van der Waals surface area contributed by atoms with E-state index in [0.717, 1.165) is 15.1 Å². The first-order valence-electron chi connectivity index (χ1n) is 10.4. The summed E-state index contributed by atoms with van der Waals surface area (Å²) in [5.74, 6) is 0.855. The van der Waals surface area contributed by atoms with Gasteiger partial charge in [-0.3, -0.25) is 4.79 Å². The Morgan fingerprint density at radius 2 is 1.97 bits per heavy atom. The van der Waals surface area contributed by atoms with Gasteiger partial charge in [0.05, 0.1) is 17.9 Å². The van der Waals surface area contributed by atoms with Crippen molar-refractivity contribution in [2.75, 3.05) is 17.7 Å². The van der Waals surface area contributed by atoms with Gasteiger partial charge in [0.15, 0.2) is 17.1 Å². The molecule has 33 heavy (non-hydrogen) atoms. The zero-order valence-electron chi connectivity index (χ0n) is 18.8. The predicted octanol–water partition coefficient (Wildman–Crippen LogP) is 5.48. The monoisotopic (exact) mass is 552 g/mol. The van der Waals surface area contributed by atoms with Gasteiger partial charge in [0.1, 0.15) is 10.8 Å². The number of benzene rings is 1. The number of hydrogen-bond donors (Lipinski definition) is 1. The topological polar surface area (TPSA) is 95.3 Å². The van der Waals surface area contributed by atoms with Crippen molar-refractivity contribution in [3.05, 3.63) is 51.1 Å². The summed E-state index contributed by atoms with van der Waals surface area (Å²) >= 11 is 6.03. The van der Waals surface area contributed by atoms with E-state index in [4.69, 9.17) is 9.47 Å². The van der Waals surface area contributed by atoms with Crippen molar-refractivity contribution in [1.82, 2.24) is 14.8 Å². The summed E-state index contributed by atoms with van der Waals surface area (Å²) in [6, 6.07) is 9.30. The number of ether oxygens (including phenoxy) is 2. The van der Waals surface area contributed by atoms with Gasteiger partial charge in [-0.05, 0) is 58.0 Å². The van der Waals surface area contributed by atoms with Crippen LogP contribution >= 0.6 is 39.0 Å². The average Bonchev–Trinajstić information content (AvgIpc) is 3.36. The molecular formula is C22H25BrN4O4S2. The van der Waals surface area contributed by atoms with Crippen LogP contribution in [0.25, 0.3) is 0 Å². The van der Waals surface area contributed by atoms with Crippen molar-refractivity contribution in [1.29, 1.82) is 0 Å². The summed E-state index contributed by atoms with van der Waals surface area (Å²) in [4.78, 5) is 25.6. The summed E-state index contributed by atoms with van der Waals surface area (Å²) < 4.78 is 14.0. The van der Waals surface area contributed by atoms with Gasteiger partial charge in [-0.2, -0.15) is 0 Å². The lowest BCUT2D eigenvalue weighted by atomic mass is 10.3. The third-order valence-electron chi connectivity index (χ3n) is 4.49. The van der Waals surface area contributed by atoms with Gasteiger partial charge < -0.3 is 19.4 Å². The molecule has 0 bridgehead atoms. The minimum absolute atomic E-state index is 0.124.